The highest BCUT2D eigenvalue weighted by Gasteiger charge is 2.40. The van der Waals surface area contributed by atoms with Crippen molar-refractivity contribution in [1.82, 2.24) is 0 Å². The predicted molar refractivity (Wildman–Crippen MR) is 124 cm³/mol. The van der Waals surface area contributed by atoms with Gasteiger partial charge in [-0.3, -0.25) is 4.79 Å². The molecule has 1 atom stereocenters. The van der Waals surface area contributed by atoms with E-state index in [4.69, 9.17) is 8.85 Å². The maximum Gasteiger partial charge on any atom is 0.295 e. The van der Waals surface area contributed by atoms with E-state index in [1.54, 1.807) is 0 Å². The molecule has 0 saturated heterocycles. The monoisotopic (exact) mass is 437 g/mol. The van der Waals surface area contributed by atoms with Crippen LogP contribution in [0.15, 0.2) is 0 Å². The summed E-state index contributed by atoms with van der Waals surface area (Å²) in [4.78, 5) is 13.0. The lowest BCUT2D eigenvalue weighted by Crippen LogP contribution is -2.38. The van der Waals surface area contributed by atoms with Crippen molar-refractivity contribution in [3.63, 3.8) is 0 Å². The Kier molecular flexibility index (Phi) is 10.4. The Bertz CT molecular complexity index is 475. The topological polar surface area (TPSA) is 35.5 Å². The van der Waals surface area contributed by atoms with Gasteiger partial charge in [-0.2, -0.15) is 0 Å². The molecule has 2 rings (SSSR count). The second kappa shape index (κ2) is 12.0. The molecule has 0 aromatic rings. The van der Waals surface area contributed by atoms with E-state index in [0.717, 1.165) is 17.9 Å². The summed E-state index contributed by atoms with van der Waals surface area (Å²) in [5.74, 6) is 1.70. The van der Waals surface area contributed by atoms with E-state index in [9.17, 15) is 4.79 Å². The molecule has 0 spiro atoms. The maximum absolute atomic E-state index is 13.0. The van der Waals surface area contributed by atoms with Gasteiger partial charge in [-0.1, -0.05) is 52.9 Å². The van der Waals surface area contributed by atoms with E-state index in [-0.39, 0.29) is 17.5 Å². The average molecular weight is 438 g/mol. The predicted octanol–water partition coefficient (Wildman–Crippen LogP) is 6.95. The molecule has 2 fully saturated rings. The van der Waals surface area contributed by atoms with Crippen LogP contribution in [-0.2, 0) is 13.6 Å². The first-order valence-corrected chi connectivity index (χ1v) is 14.8. The minimum atomic E-state index is -1.08. The lowest BCUT2D eigenvalue weighted by Gasteiger charge is -2.37. The molecule has 2 aliphatic rings. The zero-order chi connectivity index (χ0) is 21.4. The van der Waals surface area contributed by atoms with Crippen LogP contribution in [0, 0.1) is 17.8 Å². The molecule has 2 aliphatic carbocycles. The van der Waals surface area contributed by atoms with Gasteiger partial charge in [-0.15, -0.1) is 0 Å². The quantitative estimate of drug-likeness (QED) is 0.366. The van der Waals surface area contributed by atoms with Gasteiger partial charge < -0.3 is 8.85 Å². The second-order valence-corrected chi connectivity index (χ2v) is 14.5. The molecular formula is C24H45O3Si2. The lowest BCUT2D eigenvalue weighted by molar-refractivity contribution is -0.138. The Morgan fingerprint density at radius 2 is 1.55 bits per heavy atom. The van der Waals surface area contributed by atoms with Crippen LogP contribution in [0.2, 0.25) is 17.1 Å². The minimum Gasteiger partial charge on any atom is -0.517 e. The first-order chi connectivity index (χ1) is 13.7. The standard InChI is InChI=1S/C24H45O3Si2/c1-18(2)16-20-12-14-22(15-13-20)29(21-10-8-7-9-11-21)26-23(25)19(3)17-28-27-24(4,5)6/h18-22H,7-17H2,1-6H3. The molecule has 0 heterocycles. The molecule has 3 radical (unpaired) electrons. The smallest absolute Gasteiger partial charge is 0.295 e. The van der Waals surface area contributed by atoms with Crippen LogP contribution < -0.4 is 0 Å². The van der Waals surface area contributed by atoms with E-state index in [1.807, 2.05) is 6.92 Å². The first-order valence-electron chi connectivity index (χ1n) is 12.1. The Morgan fingerprint density at radius 3 is 2.10 bits per heavy atom. The number of carbonyl (C=O) groups excluding carboxylic acids is 1. The van der Waals surface area contributed by atoms with Crippen LogP contribution in [0.25, 0.3) is 0 Å². The van der Waals surface area contributed by atoms with Crippen molar-refractivity contribution in [1.29, 1.82) is 0 Å². The van der Waals surface area contributed by atoms with Crippen LogP contribution in [0.3, 0.4) is 0 Å². The summed E-state index contributed by atoms with van der Waals surface area (Å²) < 4.78 is 12.3. The second-order valence-electron chi connectivity index (χ2n) is 11.0. The van der Waals surface area contributed by atoms with Crippen molar-refractivity contribution in [2.24, 2.45) is 17.8 Å². The van der Waals surface area contributed by atoms with Gasteiger partial charge in [0.15, 0.2) is 0 Å². The van der Waals surface area contributed by atoms with Crippen molar-refractivity contribution in [3.8, 4) is 0 Å². The summed E-state index contributed by atoms with van der Waals surface area (Å²) in [6.45, 7) is 12.9. The third-order valence-corrected chi connectivity index (χ3v) is 11.2. The largest absolute Gasteiger partial charge is 0.517 e. The van der Waals surface area contributed by atoms with Crippen LogP contribution in [-0.4, -0.2) is 30.4 Å². The SMILES string of the molecule is CC(C)CC1CCC([Si](OC(=O)C(C)C[Si]OC(C)(C)C)C2CCCCC2)CC1. The van der Waals surface area contributed by atoms with E-state index >= 15 is 0 Å². The van der Waals surface area contributed by atoms with Gasteiger partial charge in [0.05, 0.1) is 5.92 Å². The number of hydrogen-bond acceptors (Lipinski definition) is 3. The maximum atomic E-state index is 13.0. The molecule has 0 aliphatic heterocycles. The number of hydrogen-bond donors (Lipinski definition) is 0. The highest BCUT2D eigenvalue weighted by Crippen LogP contribution is 2.44. The van der Waals surface area contributed by atoms with Crippen molar-refractivity contribution in [2.45, 2.75) is 128 Å². The van der Waals surface area contributed by atoms with Crippen LogP contribution in [0.5, 0.6) is 0 Å². The van der Waals surface area contributed by atoms with Gasteiger partial charge in [-0.05, 0) is 81.8 Å². The fourth-order valence-electron chi connectivity index (χ4n) is 4.92. The first kappa shape index (κ1) is 25.1. The number of rotatable bonds is 9. The summed E-state index contributed by atoms with van der Waals surface area (Å²) in [5.41, 5.74) is 1.23. The van der Waals surface area contributed by atoms with Crippen LogP contribution in [0.4, 0.5) is 0 Å². The van der Waals surface area contributed by atoms with Crippen molar-refractivity contribution in [2.75, 3.05) is 0 Å². The molecule has 5 heteroatoms. The van der Waals surface area contributed by atoms with Gasteiger partial charge >= 0.3 is 0 Å². The summed E-state index contributed by atoms with van der Waals surface area (Å²) in [6.07, 6.45) is 13.2. The molecule has 0 N–H and O–H groups in total. The normalized spacial score (nSPS) is 25.4. The molecule has 29 heavy (non-hydrogen) atoms. The fourth-order valence-corrected chi connectivity index (χ4v) is 9.17. The molecule has 0 bridgehead atoms. The van der Waals surface area contributed by atoms with Gasteiger partial charge in [0, 0.05) is 5.60 Å². The zero-order valence-corrected chi connectivity index (χ0v) is 21.9. The van der Waals surface area contributed by atoms with Crippen molar-refractivity contribution in [3.05, 3.63) is 0 Å². The van der Waals surface area contributed by atoms with E-state index in [1.165, 1.54) is 64.2 Å². The summed E-state index contributed by atoms with van der Waals surface area (Å²) in [7, 11) is -0.710. The van der Waals surface area contributed by atoms with Crippen LogP contribution >= 0.6 is 0 Å². The Hall–Kier alpha value is -0.136. The summed E-state index contributed by atoms with van der Waals surface area (Å²) >= 11 is 0. The highest BCUT2D eigenvalue weighted by atomic mass is 28.3. The minimum absolute atomic E-state index is 0.0449. The zero-order valence-electron chi connectivity index (χ0n) is 19.9. The molecule has 2 saturated carbocycles. The van der Waals surface area contributed by atoms with Gasteiger partial charge in [0.1, 0.15) is 0 Å². The lowest BCUT2D eigenvalue weighted by atomic mass is 9.83. The highest BCUT2D eigenvalue weighted by molar-refractivity contribution is 6.57. The Balaban J connectivity index is 1.91. The average Bonchev–Trinajstić information content (AvgIpc) is 2.66. The van der Waals surface area contributed by atoms with Gasteiger partial charge in [0.25, 0.3) is 15.0 Å². The molecule has 0 aromatic heterocycles. The third-order valence-electron chi connectivity index (χ3n) is 6.45. The van der Waals surface area contributed by atoms with Crippen LogP contribution in [0.1, 0.15) is 106 Å². The summed E-state index contributed by atoms with van der Waals surface area (Å²) in [5, 5.41) is 0. The van der Waals surface area contributed by atoms with Gasteiger partial charge in [-0.25, -0.2) is 0 Å². The summed E-state index contributed by atoms with van der Waals surface area (Å²) in [6, 6.07) is 0.789. The Morgan fingerprint density at radius 1 is 0.966 bits per heavy atom. The number of carbonyl (C=O) groups is 1. The van der Waals surface area contributed by atoms with E-state index < -0.39 is 9.04 Å². The van der Waals surface area contributed by atoms with E-state index in [0.29, 0.717) is 20.8 Å². The molecule has 0 aromatic carbocycles. The van der Waals surface area contributed by atoms with Crippen molar-refractivity contribution >= 4 is 24.8 Å². The Labute approximate surface area is 184 Å². The van der Waals surface area contributed by atoms with Crippen molar-refractivity contribution < 1.29 is 13.6 Å². The fraction of sp³-hybridized carbons (Fsp3) is 0.958. The third kappa shape index (κ3) is 9.26. The van der Waals surface area contributed by atoms with Gasteiger partial charge in [0.2, 0.25) is 9.76 Å². The molecule has 167 valence electrons. The molecule has 1 unspecified atom stereocenters. The van der Waals surface area contributed by atoms with E-state index in [2.05, 4.69) is 34.6 Å². The molecule has 3 nitrogen and oxygen atoms in total. The molecule has 0 amide bonds. The molecular weight excluding hydrogens is 392 g/mol.